The Kier molecular flexibility index (Phi) is 2.65. The lowest BCUT2D eigenvalue weighted by Crippen LogP contribution is -2.11. The fourth-order valence-corrected chi connectivity index (χ4v) is 2.31. The molecular formula is C10H13N3S. The first kappa shape index (κ1) is 9.43. The van der Waals surface area contributed by atoms with E-state index in [1.165, 1.54) is 10.3 Å². The van der Waals surface area contributed by atoms with Gasteiger partial charge in [-0.1, -0.05) is 13.3 Å². The normalized spacial score (nSPS) is 10.7. The third kappa shape index (κ3) is 1.58. The summed E-state index contributed by atoms with van der Waals surface area (Å²) in [5, 5.41) is 2.05. The number of nitrogens with zero attached hydrogens (tertiary/aromatic N) is 1. The van der Waals surface area contributed by atoms with Gasteiger partial charge >= 0.3 is 0 Å². The van der Waals surface area contributed by atoms with Crippen molar-refractivity contribution in [1.29, 1.82) is 0 Å². The summed E-state index contributed by atoms with van der Waals surface area (Å²) in [5.74, 6) is 6.24. The van der Waals surface area contributed by atoms with Crippen molar-refractivity contribution in [3.8, 4) is 0 Å². The number of nitrogens with two attached hydrogens (primary N) is 1. The molecule has 14 heavy (non-hydrogen) atoms. The van der Waals surface area contributed by atoms with Crippen molar-refractivity contribution in [1.82, 2.24) is 4.98 Å². The lowest BCUT2D eigenvalue weighted by atomic mass is 10.1. The van der Waals surface area contributed by atoms with Gasteiger partial charge in [-0.15, -0.1) is 11.3 Å². The van der Waals surface area contributed by atoms with Crippen LogP contribution in [0.5, 0.6) is 0 Å². The predicted octanol–water partition coefficient (Wildman–Crippen LogP) is 2.53. The molecule has 0 aliphatic heterocycles. The van der Waals surface area contributed by atoms with Crippen molar-refractivity contribution in [2.24, 2.45) is 5.84 Å². The van der Waals surface area contributed by atoms with Crippen LogP contribution in [0.2, 0.25) is 0 Å². The maximum atomic E-state index is 5.43. The van der Waals surface area contributed by atoms with Gasteiger partial charge in [-0.25, -0.2) is 10.8 Å². The molecule has 2 aromatic heterocycles. The zero-order valence-corrected chi connectivity index (χ0v) is 8.90. The highest BCUT2D eigenvalue weighted by atomic mass is 32.1. The Hall–Kier alpha value is -1.13. The van der Waals surface area contributed by atoms with Gasteiger partial charge in [-0.2, -0.15) is 0 Å². The van der Waals surface area contributed by atoms with E-state index >= 15 is 0 Å². The summed E-state index contributed by atoms with van der Waals surface area (Å²) in [4.78, 5) is 4.45. The Morgan fingerprint density at radius 3 is 3.14 bits per heavy atom. The summed E-state index contributed by atoms with van der Waals surface area (Å²) in [6.45, 7) is 2.15. The van der Waals surface area contributed by atoms with Crippen molar-refractivity contribution < 1.29 is 0 Å². The van der Waals surface area contributed by atoms with Crippen molar-refractivity contribution in [2.75, 3.05) is 5.43 Å². The number of fused-ring (bicyclic) bond motifs is 1. The number of rotatable bonds is 3. The zero-order chi connectivity index (χ0) is 9.97. The standard InChI is InChI=1S/C10H13N3S/c1-2-3-7-6-9-8(4-5-14-9)12-10(7)13-11/h4-6H,2-3,11H2,1H3,(H,12,13). The minimum Gasteiger partial charge on any atom is -0.308 e. The van der Waals surface area contributed by atoms with Crippen LogP contribution in [0.3, 0.4) is 0 Å². The van der Waals surface area contributed by atoms with E-state index in [2.05, 4.69) is 23.4 Å². The fourth-order valence-electron chi connectivity index (χ4n) is 1.52. The number of anilines is 1. The fraction of sp³-hybridized carbons (Fsp3) is 0.300. The molecule has 0 fully saturated rings. The quantitative estimate of drug-likeness (QED) is 0.600. The van der Waals surface area contributed by atoms with Crippen molar-refractivity contribution in [3.63, 3.8) is 0 Å². The van der Waals surface area contributed by atoms with Crippen LogP contribution in [-0.4, -0.2) is 4.98 Å². The van der Waals surface area contributed by atoms with Crippen LogP contribution >= 0.6 is 11.3 Å². The van der Waals surface area contributed by atoms with Crippen molar-refractivity contribution >= 4 is 27.4 Å². The van der Waals surface area contributed by atoms with E-state index in [1.54, 1.807) is 11.3 Å². The molecule has 74 valence electrons. The summed E-state index contributed by atoms with van der Waals surface area (Å²) in [6.07, 6.45) is 2.12. The van der Waals surface area contributed by atoms with Gasteiger partial charge in [0.05, 0.1) is 10.2 Å². The van der Waals surface area contributed by atoms with Crippen LogP contribution in [0.15, 0.2) is 17.5 Å². The number of thiophene rings is 1. The van der Waals surface area contributed by atoms with Gasteiger partial charge in [0.2, 0.25) is 0 Å². The Morgan fingerprint density at radius 2 is 2.43 bits per heavy atom. The topological polar surface area (TPSA) is 50.9 Å². The number of nitrogen functional groups attached to an aromatic ring is 1. The number of hydrazine groups is 1. The van der Waals surface area contributed by atoms with E-state index in [0.717, 1.165) is 24.2 Å². The van der Waals surface area contributed by atoms with Gasteiger partial charge in [0, 0.05) is 0 Å². The van der Waals surface area contributed by atoms with Gasteiger partial charge in [0.1, 0.15) is 5.82 Å². The molecule has 0 amide bonds. The monoisotopic (exact) mass is 207 g/mol. The molecule has 0 saturated heterocycles. The van der Waals surface area contributed by atoms with Crippen LogP contribution in [0.25, 0.3) is 10.2 Å². The van der Waals surface area contributed by atoms with E-state index in [-0.39, 0.29) is 0 Å². The molecule has 0 saturated carbocycles. The molecule has 0 bridgehead atoms. The lowest BCUT2D eigenvalue weighted by Gasteiger charge is -2.06. The smallest absolute Gasteiger partial charge is 0.143 e. The van der Waals surface area contributed by atoms with Crippen LogP contribution in [0.1, 0.15) is 18.9 Å². The predicted molar refractivity (Wildman–Crippen MR) is 61.4 cm³/mol. The van der Waals surface area contributed by atoms with Gasteiger partial charge in [-0.3, -0.25) is 0 Å². The molecule has 2 aromatic rings. The maximum absolute atomic E-state index is 5.43. The third-order valence-electron chi connectivity index (χ3n) is 2.17. The highest BCUT2D eigenvalue weighted by molar-refractivity contribution is 7.17. The molecule has 0 aromatic carbocycles. The van der Waals surface area contributed by atoms with Crippen LogP contribution in [0, 0.1) is 0 Å². The van der Waals surface area contributed by atoms with Gasteiger partial charge < -0.3 is 5.43 Å². The largest absolute Gasteiger partial charge is 0.308 e. The molecule has 0 spiro atoms. The molecule has 0 unspecified atom stereocenters. The number of pyridine rings is 1. The number of nitrogens with one attached hydrogen (secondary N) is 1. The summed E-state index contributed by atoms with van der Waals surface area (Å²) in [7, 11) is 0. The Labute approximate surface area is 86.9 Å². The molecule has 3 nitrogen and oxygen atoms in total. The molecule has 4 heteroatoms. The summed E-state index contributed by atoms with van der Waals surface area (Å²) in [5.41, 5.74) is 4.87. The van der Waals surface area contributed by atoms with Gasteiger partial charge in [0.15, 0.2) is 0 Å². The highest BCUT2D eigenvalue weighted by Gasteiger charge is 2.05. The Bertz CT molecular complexity index is 436. The molecule has 3 N–H and O–H groups in total. The van der Waals surface area contributed by atoms with Gasteiger partial charge in [-0.05, 0) is 29.5 Å². The first-order valence-corrected chi connectivity index (χ1v) is 5.57. The first-order chi connectivity index (χ1) is 6.85. The second-order valence-electron chi connectivity index (χ2n) is 3.19. The molecule has 0 aliphatic rings. The van der Waals surface area contributed by atoms with Crippen LogP contribution in [-0.2, 0) is 6.42 Å². The first-order valence-electron chi connectivity index (χ1n) is 4.69. The van der Waals surface area contributed by atoms with Crippen LogP contribution in [0.4, 0.5) is 5.82 Å². The summed E-state index contributed by atoms with van der Waals surface area (Å²) < 4.78 is 1.23. The van der Waals surface area contributed by atoms with Gasteiger partial charge in [0.25, 0.3) is 0 Å². The van der Waals surface area contributed by atoms with Crippen LogP contribution < -0.4 is 11.3 Å². The summed E-state index contributed by atoms with van der Waals surface area (Å²) >= 11 is 1.72. The second kappa shape index (κ2) is 3.94. The van der Waals surface area contributed by atoms with Crippen molar-refractivity contribution in [2.45, 2.75) is 19.8 Å². The molecule has 2 rings (SSSR count). The average Bonchev–Trinajstić information content (AvgIpc) is 2.64. The molecule has 0 atom stereocenters. The lowest BCUT2D eigenvalue weighted by molar-refractivity contribution is 0.917. The minimum atomic E-state index is 0.803. The molecule has 0 radical (unpaired) electrons. The number of hydrogen-bond acceptors (Lipinski definition) is 4. The second-order valence-corrected chi connectivity index (χ2v) is 4.14. The van der Waals surface area contributed by atoms with E-state index in [9.17, 15) is 0 Å². The molecule has 2 heterocycles. The Morgan fingerprint density at radius 1 is 1.57 bits per heavy atom. The third-order valence-corrected chi connectivity index (χ3v) is 3.02. The number of aryl methyl sites for hydroxylation is 1. The molecule has 0 aliphatic carbocycles. The number of aromatic nitrogens is 1. The SMILES string of the molecule is CCCc1cc2sccc2nc1NN. The van der Waals surface area contributed by atoms with E-state index in [0.29, 0.717) is 0 Å². The van der Waals surface area contributed by atoms with E-state index in [4.69, 9.17) is 5.84 Å². The Balaban J connectivity index is 2.54. The van der Waals surface area contributed by atoms with Crippen molar-refractivity contribution in [3.05, 3.63) is 23.1 Å². The minimum absolute atomic E-state index is 0.803. The van der Waals surface area contributed by atoms with E-state index < -0.39 is 0 Å². The molecular weight excluding hydrogens is 194 g/mol. The average molecular weight is 207 g/mol. The maximum Gasteiger partial charge on any atom is 0.143 e. The van der Waals surface area contributed by atoms with E-state index in [1.807, 2.05) is 11.4 Å². The highest BCUT2D eigenvalue weighted by Crippen LogP contribution is 2.24. The zero-order valence-electron chi connectivity index (χ0n) is 8.08. The summed E-state index contributed by atoms with van der Waals surface area (Å²) in [6, 6.07) is 4.18. The number of hydrogen-bond donors (Lipinski definition) is 2.